The number of carbonyl (C=O) groups is 3. The second kappa shape index (κ2) is 4.74. The molecule has 7 heteroatoms. The van der Waals surface area contributed by atoms with E-state index in [4.69, 9.17) is 4.74 Å². The summed E-state index contributed by atoms with van der Waals surface area (Å²) >= 11 is 0. The second-order valence-electron chi connectivity index (χ2n) is 3.51. The van der Waals surface area contributed by atoms with Gasteiger partial charge in [-0.25, -0.2) is 9.59 Å². The monoisotopic (exact) mass is 250 g/mol. The predicted molar refractivity (Wildman–Crippen MR) is 59.8 cm³/mol. The minimum Gasteiger partial charge on any atom is -0.453 e. The zero-order valence-corrected chi connectivity index (χ0v) is 9.43. The van der Waals surface area contributed by atoms with Crippen molar-refractivity contribution in [2.75, 3.05) is 12.4 Å². The maximum atomic E-state index is 11.3. The van der Waals surface area contributed by atoms with Gasteiger partial charge >= 0.3 is 12.2 Å². The topological polar surface area (TPSA) is 93.7 Å². The van der Waals surface area contributed by atoms with Crippen LogP contribution in [-0.4, -0.2) is 25.2 Å². The normalized spacial score (nSPS) is 17.9. The maximum absolute atomic E-state index is 11.3. The van der Waals surface area contributed by atoms with Crippen LogP contribution in [0.5, 0.6) is 0 Å². The fourth-order valence-corrected chi connectivity index (χ4v) is 1.49. The Morgan fingerprint density at radius 1 is 1.33 bits per heavy atom. The first-order valence-electron chi connectivity index (χ1n) is 5.06. The van der Waals surface area contributed by atoms with Crippen molar-refractivity contribution in [1.29, 1.82) is 0 Å². The third-order valence-corrected chi connectivity index (χ3v) is 2.33. The van der Waals surface area contributed by atoms with Crippen LogP contribution in [0.3, 0.4) is 0 Å². The number of carbonyl (C=O) groups excluding carboxylic acids is 3. The fourth-order valence-electron chi connectivity index (χ4n) is 1.49. The number of hydrogen-bond donors (Lipinski definition) is 2. The third kappa shape index (κ3) is 2.40. The van der Waals surface area contributed by atoms with E-state index in [0.29, 0.717) is 11.3 Å². The van der Waals surface area contributed by atoms with Gasteiger partial charge in [0.15, 0.2) is 0 Å². The van der Waals surface area contributed by atoms with Crippen molar-refractivity contribution in [3.63, 3.8) is 0 Å². The Labute approximate surface area is 102 Å². The number of amides is 3. The van der Waals surface area contributed by atoms with Crippen LogP contribution in [-0.2, 0) is 14.3 Å². The highest BCUT2D eigenvalue weighted by Gasteiger charge is 2.33. The number of cyclic esters (lactones) is 1. The average molecular weight is 250 g/mol. The van der Waals surface area contributed by atoms with Crippen LogP contribution in [0.15, 0.2) is 24.3 Å². The molecule has 1 aliphatic rings. The van der Waals surface area contributed by atoms with E-state index < -0.39 is 24.2 Å². The van der Waals surface area contributed by atoms with Gasteiger partial charge in [-0.05, 0) is 12.1 Å². The molecule has 0 aliphatic carbocycles. The lowest BCUT2D eigenvalue weighted by atomic mass is 10.1. The second-order valence-corrected chi connectivity index (χ2v) is 3.51. The number of benzene rings is 1. The Balaban J connectivity index is 2.10. The van der Waals surface area contributed by atoms with Gasteiger partial charge in [0.2, 0.25) is 6.10 Å². The Morgan fingerprint density at radius 2 is 2.00 bits per heavy atom. The molecule has 7 nitrogen and oxygen atoms in total. The van der Waals surface area contributed by atoms with Gasteiger partial charge in [0.1, 0.15) is 0 Å². The van der Waals surface area contributed by atoms with Crippen LogP contribution in [0.4, 0.5) is 15.3 Å². The smallest absolute Gasteiger partial charge is 0.415 e. The third-order valence-electron chi connectivity index (χ3n) is 2.33. The van der Waals surface area contributed by atoms with Gasteiger partial charge in [-0.3, -0.25) is 15.4 Å². The summed E-state index contributed by atoms with van der Waals surface area (Å²) in [4.78, 5) is 33.2. The van der Waals surface area contributed by atoms with E-state index in [0.717, 1.165) is 0 Å². The number of anilines is 1. The summed E-state index contributed by atoms with van der Waals surface area (Å²) in [5.74, 6) is -0.506. The van der Waals surface area contributed by atoms with Gasteiger partial charge < -0.3 is 9.47 Å². The first-order valence-corrected chi connectivity index (χ1v) is 5.06. The molecular formula is C11H10N2O5. The van der Waals surface area contributed by atoms with E-state index in [1.807, 2.05) is 5.32 Å². The first-order chi connectivity index (χ1) is 8.60. The minimum absolute atomic E-state index is 0.506. The molecule has 1 heterocycles. The van der Waals surface area contributed by atoms with Gasteiger partial charge in [0.25, 0.3) is 5.91 Å². The number of ether oxygens (including phenoxy) is 2. The molecule has 1 fully saturated rings. The number of alkyl carbamates (subject to hydrolysis) is 1. The number of methoxy groups -OCH3 is 1. The summed E-state index contributed by atoms with van der Waals surface area (Å²) in [6, 6.07) is 6.31. The number of imide groups is 1. The first kappa shape index (κ1) is 11.9. The Morgan fingerprint density at radius 3 is 2.50 bits per heavy atom. The van der Waals surface area contributed by atoms with E-state index in [2.05, 4.69) is 10.1 Å². The molecule has 0 saturated carbocycles. The molecule has 2 N–H and O–H groups in total. The number of rotatable bonds is 2. The summed E-state index contributed by atoms with van der Waals surface area (Å²) in [5.41, 5.74) is 1.03. The van der Waals surface area contributed by atoms with Crippen molar-refractivity contribution in [2.24, 2.45) is 0 Å². The molecule has 1 aliphatic heterocycles. The predicted octanol–water partition coefficient (Wildman–Crippen LogP) is 1.17. The van der Waals surface area contributed by atoms with Crippen LogP contribution < -0.4 is 10.6 Å². The van der Waals surface area contributed by atoms with Crippen molar-refractivity contribution in [3.8, 4) is 0 Å². The van der Waals surface area contributed by atoms with Crippen LogP contribution in [0.25, 0.3) is 0 Å². The molecule has 0 aromatic heterocycles. The highest BCUT2D eigenvalue weighted by Crippen LogP contribution is 2.23. The summed E-state index contributed by atoms with van der Waals surface area (Å²) in [6.07, 6.45) is -2.29. The van der Waals surface area contributed by atoms with Crippen molar-refractivity contribution in [1.82, 2.24) is 5.32 Å². The molecule has 1 aromatic carbocycles. The molecule has 3 amide bonds. The number of hydrogen-bond acceptors (Lipinski definition) is 5. The van der Waals surface area contributed by atoms with Crippen LogP contribution in [0.1, 0.15) is 11.7 Å². The molecule has 0 radical (unpaired) electrons. The Kier molecular flexibility index (Phi) is 3.13. The minimum atomic E-state index is -0.940. The lowest BCUT2D eigenvalue weighted by Gasteiger charge is -2.08. The maximum Gasteiger partial charge on any atom is 0.415 e. The standard InChI is InChI=1S/C11H10N2O5/c1-17-10(15)12-7-4-2-6(3-5-7)8-9(14)13-11(16)18-8/h2-5,8H,1H3,(H,12,15)(H,13,14,16). The fraction of sp³-hybridized carbons (Fsp3) is 0.182. The lowest BCUT2D eigenvalue weighted by molar-refractivity contribution is -0.123. The van der Waals surface area contributed by atoms with Crippen LogP contribution >= 0.6 is 0 Å². The molecular weight excluding hydrogens is 240 g/mol. The zero-order valence-electron chi connectivity index (χ0n) is 9.43. The summed E-state index contributed by atoms with van der Waals surface area (Å²) < 4.78 is 9.22. The van der Waals surface area contributed by atoms with Gasteiger partial charge in [-0.15, -0.1) is 0 Å². The van der Waals surface area contributed by atoms with Crippen molar-refractivity contribution < 1.29 is 23.9 Å². The highest BCUT2D eigenvalue weighted by atomic mass is 16.6. The van der Waals surface area contributed by atoms with E-state index >= 15 is 0 Å². The highest BCUT2D eigenvalue weighted by molar-refractivity contribution is 6.00. The van der Waals surface area contributed by atoms with Crippen LogP contribution in [0.2, 0.25) is 0 Å². The SMILES string of the molecule is COC(=O)Nc1ccc(C2OC(=O)NC2=O)cc1. The van der Waals surface area contributed by atoms with E-state index in [9.17, 15) is 14.4 Å². The zero-order chi connectivity index (χ0) is 13.1. The Hall–Kier alpha value is -2.57. The van der Waals surface area contributed by atoms with Crippen molar-refractivity contribution >= 4 is 23.8 Å². The molecule has 1 aromatic rings. The molecule has 0 spiro atoms. The summed E-state index contributed by atoms with van der Waals surface area (Å²) in [5, 5.41) is 4.49. The molecule has 1 saturated heterocycles. The molecule has 94 valence electrons. The molecule has 1 atom stereocenters. The summed E-state index contributed by atoms with van der Waals surface area (Å²) in [7, 11) is 1.26. The lowest BCUT2D eigenvalue weighted by Crippen LogP contribution is -2.20. The Bertz CT molecular complexity index is 497. The molecule has 1 unspecified atom stereocenters. The number of nitrogens with one attached hydrogen (secondary N) is 2. The molecule has 18 heavy (non-hydrogen) atoms. The van der Waals surface area contributed by atoms with Gasteiger partial charge in [0, 0.05) is 11.3 Å². The van der Waals surface area contributed by atoms with E-state index in [1.54, 1.807) is 24.3 Å². The van der Waals surface area contributed by atoms with Gasteiger partial charge in [-0.1, -0.05) is 12.1 Å². The average Bonchev–Trinajstić information content (AvgIpc) is 2.69. The van der Waals surface area contributed by atoms with Crippen LogP contribution in [0, 0.1) is 0 Å². The van der Waals surface area contributed by atoms with E-state index in [1.165, 1.54) is 7.11 Å². The van der Waals surface area contributed by atoms with E-state index in [-0.39, 0.29) is 0 Å². The molecule has 0 bridgehead atoms. The quantitative estimate of drug-likeness (QED) is 0.821. The summed E-state index contributed by atoms with van der Waals surface area (Å²) in [6.45, 7) is 0. The largest absolute Gasteiger partial charge is 0.453 e. The van der Waals surface area contributed by atoms with Gasteiger partial charge in [0.05, 0.1) is 7.11 Å². The van der Waals surface area contributed by atoms with Gasteiger partial charge in [-0.2, -0.15) is 0 Å². The molecule has 2 rings (SSSR count). The van der Waals surface area contributed by atoms with Crippen molar-refractivity contribution in [2.45, 2.75) is 6.10 Å². The van der Waals surface area contributed by atoms with Crippen molar-refractivity contribution in [3.05, 3.63) is 29.8 Å².